The lowest BCUT2D eigenvalue weighted by Crippen LogP contribution is -2.42. The molecule has 4 rings (SSSR count). The van der Waals surface area contributed by atoms with Crippen LogP contribution in [0.1, 0.15) is 31.2 Å². The Morgan fingerprint density at radius 1 is 1.21 bits per heavy atom. The topological polar surface area (TPSA) is 88.1 Å². The number of alkyl halides is 3. The second kappa shape index (κ2) is 11.2. The minimum absolute atomic E-state index is 0.113. The average molecular weight is 473 g/mol. The van der Waals surface area contributed by atoms with E-state index in [1.54, 1.807) is 7.11 Å². The van der Waals surface area contributed by atoms with Crippen molar-refractivity contribution in [1.82, 2.24) is 10.2 Å². The Morgan fingerprint density at radius 2 is 1.88 bits per heavy atom. The normalized spacial score (nSPS) is 24.9. The van der Waals surface area contributed by atoms with Crippen LogP contribution >= 0.6 is 0 Å². The van der Waals surface area contributed by atoms with Crippen molar-refractivity contribution in [1.29, 1.82) is 0 Å². The second-order valence-electron chi connectivity index (χ2n) is 8.92. The van der Waals surface area contributed by atoms with Gasteiger partial charge in [-0.3, -0.25) is 9.69 Å². The minimum Gasteiger partial charge on any atom is -0.497 e. The number of nitrogens with one attached hydrogen (secondary N) is 1. The number of hydrogen-bond acceptors (Lipinski definition) is 5. The van der Waals surface area contributed by atoms with Crippen molar-refractivity contribution in [3.05, 3.63) is 29.8 Å². The molecule has 3 atom stereocenters. The van der Waals surface area contributed by atoms with Gasteiger partial charge in [0, 0.05) is 25.6 Å². The quantitative estimate of drug-likeness (QED) is 0.634. The van der Waals surface area contributed by atoms with Gasteiger partial charge in [0.1, 0.15) is 5.75 Å². The zero-order chi connectivity index (χ0) is 24.0. The van der Waals surface area contributed by atoms with Crippen molar-refractivity contribution in [2.24, 2.45) is 17.8 Å². The lowest BCUT2D eigenvalue weighted by Gasteiger charge is -2.35. The molecular formula is C23H31F3N2O5. The van der Waals surface area contributed by atoms with E-state index in [0.717, 1.165) is 50.9 Å². The third-order valence-electron chi connectivity index (χ3n) is 6.36. The number of carboxylic acids is 1. The van der Waals surface area contributed by atoms with Gasteiger partial charge < -0.3 is 19.9 Å². The van der Waals surface area contributed by atoms with Crippen LogP contribution in [-0.2, 0) is 20.9 Å². The lowest BCUT2D eigenvalue weighted by molar-refractivity contribution is -0.192. The number of halogens is 3. The zero-order valence-electron chi connectivity index (χ0n) is 18.6. The fraction of sp³-hybridized carbons (Fsp3) is 0.652. The van der Waals surface area contributed by atoms with Crippen molar-refractivity contribution >= 4 is 11.9 Å². The van der Waals surface area contributed by atoms with E-state index >= 15 is 0 Å². The van der Waals surface area contributed by atoms with Crippen LogP contribution in [0.5, 0.6) is 5.75 Å². The van der Waals surface area contributed by atoms with E-state index in [0.29, 0.717) is 18.3 Å². The molecule has 2 N–H and O–H groups in total. The molecule has 0 radical (unpaired) electrons. The highest BCUT2D eigenvalue weighted by Gasteiger charge is 2.41. The first-order valence-corrected chi connectivity index (χ1v) is 11.2. The molecule has 2 heterocycles. The summed E-state index contributed by atoms with van der Waals surface area (Å²) in [6, 6.07) is 8.33. The molecule has 0 aromatic heterocycles. The van der Waals surface area contributed by atoms with Crippen LogP contribution in [0.2, 0.25) is 0 Å². The van der Waals surface area contributed by atoms with Gasteiger partial charge in [0.15, 0.2) is 0 Å². The minimum atomic E-state index is -5.08. The number of fused-ring (bicyclic) bond motifs is 1. The highest BCUT2D eigenvalue weighted by Crippen LogP contribution is 2.36. The summed E-state index contributed by atoms with van der Waals surface area (Å²) in [6.45, 7) is 4.77. The number of methoxy groups -OCH3 is 1. The predicted octanol–water partition coefficient (Wildman–Crippen LogP) is 3.08. The number of amides is 1. The first-order valence-electron chi connectivity index (χ1n) is 11.2. The van der Waals surface area contributed by atoms with Gasteiger partial charge in [-0.25, -0.2) is 4.79 Å². The molecule has 3 fully saturated rings. The highest BCUT2D eigenvalue weighted by atomic mass is 19.4. The summed E-state index contributed by atoms with van der Waals surface area (Å²) < 4.78 is 43.0. The van der Waals surface area contributed by atoms with Crippen molar-refractivity contribution in [2.75, 3.05) is 33.4 Å². The van der Waals surface area contributed by atoms with Gasteiger partial charge in [-0.1, -0.05) is 12.1 Å². The van der Waals surface area contributed by atoms with Crippen molar-refractivity contribution in [3.8, 4) is 5.75 Å². The Balaban J connectivity index is 0.000000383. The number of aliphatic carboxylic acids is 1. The number of hydrogen-bond donors (Lipinski definition) is 2. The predicted molar refractivity (Wildman–Crippen MR) is 114 cm³/mol. The van der Waals surface area contributed by atoms with Crippen LogP contribution in [0.25, 0.3) is 0 Å². The lowest BCUT2D eigenvalue weighted by atomic mass is 9.83. The summed E-state index contributed by atoms with van der Waals surface area (Å²) in [5.41, 5.74) is 1.32. The van der Waals surface area contributed by atoms with E-state index in [1.165, 1.54) is 18.4 Å². The molecule has 1 amide bonds. The number of carbonyl (C=O) groups excluding carboxylic acids is 1. The molecule has 0 spiro atoms. The zero-order valence-corrected chi connectivity index (χ0v) is 18.6. The monoisotopic (exact) mass is 472 g/mol. The molecule has 2 saturated heterocycles. The number of rotatable bonds is 7. The van der Waals surface area contributed by atoms with Gasteiger partial charge in [-0.05, 0) is 55.3 Å². The molecule has 0 unspecified atom stereocenters. The summed E-state index contributed by atoms with van der Waals surface area (Å²) in [4.78, 5) is 23.6. The molecule has 0 bridgehead atoms. The molecule has 33 heavy (non-hydrogen) atoms. The summed E-state index contributed by atoms with van der Waals surface area (Å²) in [7, 11) is 1.70. The number of carbonyl (C=O) groups is 2. The molecule has 1 aliphatic carbocycles. The van der Waals surface area contributed by atoms with E-state index in [1.807, 2.05) is 12.1 Å². The summed E-state index contributed by atoms with van der Waals surface area (Å²) >= 11 is 0. The highest BCUT2D eigenvalue weighted by molar-refractivity contribution is 5.76. The van der Waals surface area contributed by atoms with Crippen LogP contribution in [0.3, 0.4) is 0 Å². The molecule has 1 aromatic carbocycles. The van der Waals surface area contributed by atoms with Gasteiger partial charge in [0.25, 0.3) is 0 Å². The Labute approximate surface area is 191 Å². The van der Waals surface area contributed by atoms with E-state index in [2.05, 4.69) is 22.3 Å². The molecule has 10 heteroatoms. The Morgan fingerprint density at radius 3 is 2.45 bits per heavy atom. The Kier molecular flexibility index (Phi) is 8.58. The SMILES string of the molecule is COc1ccc(CN2CC[C@@H]3[C@@H](CO[C@@H]3CC(=O)NCC3CC3)C2)cc1.O=C(O)C(F)(F)F. The molecule has 184 valence electrons. The van der Waals surface area contributed by atoms with Crippen molar-refractivity contribution < 1.29 is 37.3 Å². The molecule has 7 nitrogen and oxygen atoms in total. The standard InChI is InChI=1S/C21H30N2O3.C2HF3O2/c1-25-18-6-4-16(5-7-18)12-23-9-8-19-17(13-23)14-26-20(19)10-21(24)22-11-15-2-3-15;3-2(4,5)1(6)7/h4-7,15,17,19-20H,2-3,8-14H2,1H3,(H,22,24);(H,6,7)/t17-,19-,20-;/m1./s1. The molecule has 1 aromatic rings. The third-order valence-corrected chi connectivity index (χ3v) is 6.36. The molecular weight excluding hydrogens is 441 g/mol. The maximum absolute atomic E-state index is 12.2. The van der Waals surface area contributed by atoms with E-state index in [4.69, 9.17) is 19.4 Å². The van der Waals surface area contributed by atoms with Gasteiger partial charge in [-0.15, -0.1) is 0 Å². The van der Waals surface area contributed by atoms with Gasteiger partial charge in [-0.2, -0.15) is 13.2 Å². The van der Waals surface area contributed by atoms with Crippen LogP contribution in [0, 0.1) is 17.8 Å². The van der Waals surface area contributed by atoms with Crippen molar-refractivity contribution in [3.63, 3.8) is 0 Å². The first-order chi connectivity index (χ1) is 15.7. The largest absolute Gasteiger partial charge is 0.497 e. The smallest absolute Gasteiger partial charge is 0.490 e. The average Bonchev–Trinajstić information content (AvgIpc) is 3.53. The number of benzene rings is 1. The second-order valence-corrected chi connectivity index (χ2v) is 8.92. The molecule has 3 aliphatic rings. The van der Waals surface area contributed by atoms with Crippen LogP contribution < -0.4 is 10.1 Å². The van der Waals surface area contributed by atoms with Gasteiger partial charge in [0.2, 0.25) is 5.91 Å². The van der Waals surface area contributed by atoms with E-state index in [9.17, 15) is 18.0 Å². The maximum atomic E-state index is 12.2. The molecule has 1 saturated carbocycles. The number of likely N-dealkylation sites (tertiary alicyclic amines) is 1. The van der Waals surface area contributed by atoms with Crippen LogP contribution in [-0.4, -0.2) is 67.5 Å². The summed E-state index contributed by atoms with van der Waals surface area (Å²) in [5, 5.41) is 10.2. The van der Waals surface area contributed by atoms with E-state index < -0.39 is 12.1 Å². The maximum Gasteiger partial charge on any atom is 0.490 e. The van der Waals surface area contributed by atoms with E-state index in [-0.39, 0.29) is 12.0 Å². The fourth-order valence-corrected chi connectivity index (χ4v) is 4.34. The van der Waals surface area contributed by atoms with Gasteiger partial charge in [0.05, 0.1) is 26.2 Å². The molecule has 2 aliphatic heterocycles. The summed E-state index contributed by atoms with van der Waals surface area (Å²) in [5.74, 6) is 0.143. The Hall–Kier alpha value is -2.33. The third kappa shape index (κ3) is 7.89. The van der Waals surface area contributed by atoms with Crippen molar-refractivity contribution in [2.45, 2.75) is 44.5 Å². The fourth-order valence-electron chi connectivity index (χ4n) is 4.34. The number of nitrogens with zero attached hydrogens (tertiary/aromatic N) is 1. The van der Waals surface area contributed by atoms with Gasteiger partial charge >= 0.3 is 12.1 Å². The number of carboxylic acid groups (broad SMARTS) is 1. The number of piperidine rings is 1. The Bertz CT molecular complexity index is 798. The number of ether oxygens (including phenoxy) is 2. The first kappa shape index (κ1) is 25.3. The summed E-state index contributed by atoms with van der Waals surface area (Å²) in [6.07, 6.45) is -0.764. The van der Waals surface area contributed by atoms with Crippen LogP contribution in [0.4, 0.5) is 13.2 Å². The van der Waals surface area contributed by atoms with Crippen LogP contribution in [0.15, 0.2) is 24.3 Å².